The Morgan fingerprint density at radius 2 is 1.96 bits per heavy atom. The van der Waals surface area contributed by atoms with Crippen LogP contribution >= 0.6 is 0 Å². The van der Waals surface area contributed by atoms with Crippen LogP contribution < -0.4 is 4.90 Å². The first-order chi connectivity index (χ1) is 12.3. The van der Waals surface area contributed by atoms with Crippen LogP contribution in [0.15, 0.2) is 12.5 Å². The number of aromatic nitrogens is 8. The molecule has 10 heteroatoms. The third-order valence-corrected chi connectivity index (χ3v) is 4.59. The van der Waals surface area contributed by atoms with Gasteiger partial charge in [0.1, 0.15) is 12.1 Å². The van der Waals surface area contributed by atoms with Gasteiger partial charge in [0, 0.05) is 39.8 Å². The average Bonchev–Trinajstić information content (AvgIpc) is 3.23. The maximum Gasteiger partial charge on any atom is 0.165 e. The Kier molecular flexibility index (Phi) is 4.26. The highest BCUT2D eigenvalue weighted by molar-refractivity contribution is 5.86. The van der Waals surface area contributed by atoms with Gasteiger partial charge in [-0.1, -0.05) is 6.92 Å². The highest BCUT2D eigenvalue weighted by Crippen LogP contribution is 2.23. The SMILES string of the molecule is CCCn1nnnc1CN1CCN(c2ncnc3c2cnn3C)CC1. The van der Waals surface area contributed by atoms with Gasteiger partial charge in [-0.2, -0.15) is 5.10 Å². The minimum Gasteiger partial charge on any atom is -0.353 e. The van der Waals surface area contributed by atoms with Gasteiger partial charge < -0.3 is 4.90 Å². The van der Waals surface area contributed by atoms with E-state index in [1.165, 1.54) is 0 Å². The number of tetrazole rings is 1. The number of rotatable bonds is 5. The number of fused-ring (bicyclic) bond motifs is 1. The van der Waals surface area contributed by atoms with Crippen molar-refractivity contribution < 1.29 is 0 Å². The molecule has 25 heavy (non-hydrogen) atoms. The van der Waals surface area contributed by atoms with E-state index in [9.17, 15) is 0 Å². The number of anilines is 1. The first-order valence-corrected chi connectivity index (χ1v) is 8.61. The third kappa shape index (κ3) is 3.04. The molecule has 1 saturated heterocycles. The van der Waals surface area contributed by atoms with E-state index in [-0.39, 0.29) is 0 Å². The summed E-state index contributed by atoms with van der Waals surface area (Å²) in [6.45, 7) is 7.50. The second-order valence-electron chi connectivity index (χ2n) is 6.28. The largest absolute Gasteiger partial charge is 0.353 e. The van der Waals surface area contributed by atoms with Gasteiger partial charge in [0.2, 0.25) is 0 Å². The van der Waals surface area contributed by atoms with Crippen molar-refractivity contribution in [3.63, 3.8) is 0 Å². The van der Waals surface area contributed by atoms with E-state index in [4.69, 9.17) is 0 Å². The van der Waals surface area contributed by atoms with E-state index < -0.39 is 0 Å². The molecule has 0 spiro atoms. The van der Waals surface area contributed by atoms with Crippen LogP contribution in [0.2, 0.25) is 0 Å². The van der Waals surface area contributed by atoms with E-state index in [1.54, 1.807) is 11.0 Å². The van der Waals surface area contributed by atoms with Crippen LogP contribution in [0.25, 0.3) is 11.0 Å². The molecule has 3 aromatic heterocycles. The molecule has 0 amide bonds. The smallest absolute Gasteiger partial charge is 0.165 e. The van der Waals surface area contributed by atoms with Gasteiger partial charge >= 0.3 is 0 Å². The van der Waals surface area contributed by atoms with Crippen LogP contribution in [-0.4, -0.2) is 71.0 Å². The minimum absolute atomic E-state index is 0.785. The molecule has 4 rings (SSSR count). The predicted octanol–water partition coefficient (Wildman–Crippen LogP) is 0.0820. The molecule has 0 N–H and O–H groups in total. The third-order valence-electron chi connectivity index (χ3n) is 4.59. The van der Waals surface area contributed by atoms with Crippen molar-refractivity contribution in [3.8, 4) is 0 Å². The van der Waals surface area contributed by atoms with Gasteiger partial charge in [-0.25, -0.2) is 14.6 Å². The van der Waals surface area contributed by atoms with Gasteiger partial charge in [-0.05, 0) is 16.8 Å². The number of hydrogen-bond donors (Lipinski definition) is 0. The van der Waals surface area contributed by atoms with E-state index in [0.29, 0.717) is 0 Å². The molecule has 0 bridgehead atoms. The summed E-state index contributed by atoms with van der Waals surface area (Å²) in [5.74, 6) is 1.90. The summed E-state index contributed by atoms with van der Waals surface area (Å²) in [6.07, 6.45) is 4.49. The Balaban J connectivity index is 1.43. The number of hydrogen-bond acceptors (Lipinski definition) is 8. The lowest BCUT2D eigenvalue weighted by molar-refractivity contribution is 0.238. The van der Waals surface area contributed by atoms with Gasteiger partial charge in [0.05, 0.1) is 18.1 Å². The second-order valence-corrected chi connectivity index (χ2v) is 6.28. The van der Waals surface area contributed by atoms with Gasteiger partial charge in [-0.15, -0.1) is 5.10 Å². The molecule has 0 aromatic carbocycles. The number of aryl methyl sites for hydroxylation is 2. The van der Waals surface area contributed by atoms with Crippen LogP contribution in [0.1, 0.15) is 19.2 Å². The Bertz CT molecular complexity index is 845. The number of nitrogens with zero attached hydrogens (tertiary/aromatic N) is 10. The standard InChI is InChI=1S/C15H22N10/c1-3-4-25-13(19-20-21-25)10-23-5-7-24(8-6-23)15-12-9-18-22(2)14(12)16-11-17-15/h9,11H,3-8,10H2,1-2H3. The second kappa shape index (κ2) is 6.71. The van der Waals surface area contributed by atoms with Crippen LogP contribution in [0, 0.1) is 0 Å². The first kappa shape index (κ1) is 15.9. The minimum atomic E-state index is 0.785. The lowest BCUT2D eigenvalue weighted by Gasteiger charge is -2.35. The first-order valence-electron chi connectivity index (χ1n) is 8.61. The van der Waals surface area contributed by atoms with E-state index in [1.807, 2.05) is 17.9 Å². The normalized spacial score (nSPS) is 16.0. The Labute approximate surface area is 145 Å². The fraction of sp³-hybridized carbons (Fsp3) is 0.600. The van der Waals surface area contributed by atoms with Gasteiger partial charge in [-0.3, -0.25) is 9.58 Å². The summed E-state index contributed by atoms with van der Waals surface area (Å²) in [5, 5.41) is 17.3. The fourth-order valence-electron chi connectivity index (χ4n) is 3.24. The zero-order valence-corrected chi connectivity index (χ0v) is 14.6. The maximum atomic E-state index is 4.49. The lowest BCUT2D eigenvalue weighted by atomic mass is 10.2. The maximum absolute atomic E-state index is 4.49. The summed E-state index contributed by atoms with van der Waals surface area (Å²) >= 11 is 0. The summed E-state index contributed by atoms with van der Waals surface area (Å²) in [6, 6.07) is 0. The molecule has 132 valence electrons. The zero-order valence-electron chi connectivity index (χ0n) is 14.6. The van der Waals surface area contributed by atoms with Crippen LogP contribution in [-0.2, 0) is 20.1 Å². The Hall–Kier alpha value is -2.62. The van der Waals surface area contributed by atoms with Crippen molar-refractivity contribution in [3.05, 3.63) is 18.3 Å². The molecule has 4 heterocycles. The number of piperazine rings is 1. The van der Waals surface area contributed by atoms with Crippen molar-refractivity contribution in [2.75, 3.05) is 31.1 Å². The van der Waals surface area contributed by atoms with Crippen LogP contribution in [0.5, 0.6) is 0 Å². The molecule has 0 saturated carbocycles. The molecule has 0 unspecified atom stereocenters. The molecule has 0 radical (unpaired) electrons. The van der Waals surface area contributed by atoms with E-state index in [2.05, 4.69) is 47.3 Å². The quantitative estimate of drug-likeness (QED) is 0.644. The molecule has 3 aromatic rings. The predicted molar refractivity (Wildman–Crippen MR) is 91.9 cm³/mol. The summed E-state index contributed by atoms with van der Waals surface area (Å²) in [7, 11) is 1.90. The van der Waals surface area contributed by atoms with E-state index in [0.717, 1.165) is 68.4 Å². The van der Waals surface area contributed by atoms with Gasteiger partial charge in [0.25, 0.3) is 0 Å². The van der Waals surface area contributed by atoms with Crippen molar-refractivity contribution in [1.29, 1.82) is 0 Å². The molecule has 1 fully saturated rings. The Morgan fingerprint density at radius 3 is 2.76 bits per heavy atom. The fourth-order valence-corrected chi connectivity index (χ4v) is 3.24. The average molecular weight is 342 g/mol. The van der Waals surface area contributed by atoms with Crippen molar-refractivity contribution in [2.45, 2.75) is 26.4 Å². The molecular formula is C15H22N10. The molecule has 0 aliphatic carbocycles. The highest BCUT2D eigenvalue weighted by Gasteiger charge is 2.22. The summed E-state index contributed by atoms with van der Waals surface area (Å²) < 4.78 is 3.68. The van der Waals surface area contributed by atoms with Crippen molar-refractivity contribution in [2.24, 2.45) is 7.05 Å². The van der Waals surface area contributed by atoms with Gasteiger partial charge in [0.15, 0.2) is 11.5 Å². The monoisotopic (exact) mass is 342 g/mol. The molecule has 1 aliphatic heterocycles. The summed E-state index contributed by atoms with van der Waals surface area (Å²) in [4.78, 5) is 13.5. The van der Waals surface area contributed by atoms with E-state index >= 15 is 0 Å². The topological polar surface area (TPSA) is 93.7 Å². The van der Waals surface area contributed by atoms with Crippen molar-refractivity contribution >= 4 is 16.9 Å². The van der Waals surface area contributed by atoms with Crippen LogP contribution in [0.3, 0.4) is 0 Å². The molecule has 10 nitrogen and oxygen atoms in total. The highest BCUT2D eigenvalue weighted by atomic mass is 15.5. The summed E-state index contributed by atoms with van der Waals surface area (Å²) in [5.41, 5.74) is 0.867. The van der Waals surface area contributed by atoms with Crippen molar-refractivity contribution in [1.82, 2.24) is 44.9 Å². The molecule has 1 aliphatic rings. The lowest BCUT2D eigenvalue weighted by Crippen LogP contribution is -2.46. The Morgan fingerprint density at radius 1 is 1.12 bits per heavy atom. The zero-order chi connectivity index (χ0) is 17.2. The molecular weight excluding hydrogens is 320 g/mol. The molecule has 0 atom stereocenters. The van der Waals surface area contributed by atoms with Crippen LogP contribution in [0.4, 0.5) is 5.82 Å².